The van der Waals surface area contributed by atoms with Crippen LogP contribution in [0.5, 0.6) is 0 Å². The van der Waals surface area contributed by atoms with Crippen molar-refractivity contribution in [2.45, 2.75) is 23.6 Å². The van der Waals surface area contributed by atoms with Crippen molar-refractivity contribution in [2.75, 3.05) is 21.9 Å². The van der Waals surface area contributed by atoms with E-state index in [0.29, 0.717) is 5.69 Å². The van der Waals surface area contributed by atoms with E-state index in [-0.39, 0.29) is 10.6 Å². The smallest absolute Gasteiger partial charge is 0.264 e. The van der Waals surface area contributed by atoms with E-state index in [1.165, 1.54) is 30.3 Å². The molecule has 0 aliphatic carbocycles. The molecule has 0 aliphatic rings. The Hall–Kier alpha value is -2.84. The summed E-state index contributed by atoms with van der Waals surface area (Å²) >= 11 is 1.56. The molecule has 31 heavy (non-hydrogen) atoms. The normalized spacial score (nSPS) is 11.2. The van der Waals surface area contributed by atoms with E-state index in [1.807, 2.05) is 26.0 Å². The molecule has 3 aromatic carbocycles. The second-order valence-corrected chi connectivity index (χ2v) is 9.92. The topological polar surface area (TPSA) is 66.5 Å². The van der Waals surface area contributed by atoms with Gasteiger partial charge in [0.05, 0.1) is 16.3 Å². The van der Waals surface area contributed by atoms with Crippen molar-refractivity contribution in [2.24, 2.45) is 0 Å². The average molecular weight is 459 g/mol. The van der Waals surface area contributed by atoms with Gasteiger partial charge in [0.1, 0.15) is 12.4 Å². The largest absolute Gasteiger partial charge is 0.323 e. The molecule has 0 spiro atoms. The van der Waals surface area contributed by atoms with E-state index in [1.54, 1.807) is 36.0 Å². The zero-order chi connectivity index (χ0) is 22.4. The van der Waals surface area contributed by atoms with Gasteiger partial charge >= 0.3 is 0 Å². The number of halogens is 1. The van der Waals surface area contributed by atoms with Gasteiger partial charge in [0.25, 0.3) is 10.0 Å². The lowest BCUT2D eigenvalue weighted by Gasteiger charge is -2.24. The molecule has 0 bridgehead atoms. The predicted molar refractivity (Wildman–Crippen MR) is 124 cm³/mol. The highest BCUT2D eigenvalue weighted by atomic mass is 32.2. The van der Waals surface area contributed by atoms with Crippen molar-refractivity contribution in [1.29, 1.82) is 0 Å². The fourth-order valence-electron chi connectivity index (χ4n) is 2.96. The highest BCUT2D eigenvalue weighted by Gasteiger charge is 2.29. The monoisotopic (exact) mass is 458 g/mol. The van der Waals surface area contributed by atoms with Crippen molar-refractivity contribution >= 4 is 39.1 Å². The summed E-state index contributed by atoms with van der Waals surface area (Å²) in [6.07, 6.45) is 0. The lowest BCUT2D eigenvalue weighted by atomic mass is 10.2. The number of nitrogens with one attached hydrogen (secondary N) is 1. The summed E-state index contributed by atoms with van der Waals surface area (Å²) in [5, 5.41) is 2.76. The van der Waals surface area contributed by atoms with Gasteiger partial charge < -0.3 is 5.32 Å². The van der Waals surface area contributed by atoms with Crippen LogP contribution >= 0.6 is 11.8 Å². The van der Waals surface area contributed by atoms with Gasteiger partial charge in [-0.15, -0.1) is 11.8 Å². The molecule has 0 saturated carbocycles. The Kier molecular flexibility index (Phi) is 7.35. The minimum atomic E-state index is -4.17. The number of hydrogen-bond acceptors (Lipinski definition) is 4. The summed E-state index contributed by atoms with van der Waals surface area (Å²) < 4.78 is 42.0. The predicted octanol–water partition coefficient (Wildman–Crippen LogP) is 5.08. The zero-order valence-corrected chi connectivity index (χ0v) is 18.8. The molecule has 0 atom stereocenters. The van der Waals surface area contributed by atoms with Crippen LogP contribution in [0.4, 0.5) is 15.8 Å². The van der Waals surface area contributed by atoms with Crippen LogP contribution in [0.3, 0.4) is 0 Å². The number of amides is 1. The summed E-state index contributed by atoms with van der Waals surface area (Å²) in [5.41, 5.74) is 1.29. The van der Waals surface area contributed by atoms with Crippen LogP contribution in [0.1, 0.15) is 12.5 Å². The fraction of sp³-hybridized carbons (Fsp3) is 0.174. The molecule has 3 rings (SSSR count). The molecule has 5 nitrogen and oxygen atoms in total. The maximum absolute atomic E-state index is 14.6. The van der Waals surface area contributed by atoms with Gasteiger partial charge in [-0.1, -0.05) is 48.9 Å². The summed E-state index contributed by atoms with van der Waals surface area (Å²) in [4.78, 5) is 13.7. The first kappa shape index (κ1) is 22.8. The summed E-state index contributed by atoms with van der Waals surface area (Å²) in [6.45, 7) is 3.27. The zero-order valence-electron chi connectivity index (χ0n) is 17.2. The van der Waals surface area contributed by atoms with Crippen LogP contribution in [0.2, 0.25) is 0 Å². The highest BCUT2D eigenvalue weighted by molar-refractivity contribution is 7.99. The SMILES string of the molecule is CCSc1ccccc1NC(=O)CN(c1ccccc1F)S(=O)(=O)c1ccc(C)cc1. The Bertz CT molecular complexity index is 1170. The molecular formula is C23H23FN2O3S2. The average Bonchev–Trinajstić information content (AvgIpc) is 2.74. The maximum Gasteiger partial charge on any atom is 0.264 e. The minimum absolute atomic E-state index is 0.0175. The Balaban J connectivity index is 1.95. The molecule has 0 saturated heterocycles. The second kappa shape index (κ2) is 9.98. The molecule has 162 valence electrons. The van der Waals surface area contributed by atoms with Gasteiger partial charge in [0, 0.05) is 4.90 Å². The third-order valence-corrected chi connectivity index (χ3v) is 7.21. The minimum Gasteiger partial charge on any atom is -0.323 e. The molecule has 0 fully saturated rings. The molecule has 0 unspecified atom stereocenters. The van der Waals surface area contributed by atoms with E-state index in [2.05, 4.69) is 5.32 Å². The first-order valence-electron chi connectivity index (χ1n) is 9.68. The number of sulfonamides is 1. The van der Waals surface area contributed by atoms with Crippen LogP contribution in [-0.2, 0) is 14.8 Å². The molecule has 0 heterocycles. The van der Waals surface area contributed by atoms with Crippen LogP contribution in [0.25, 0.3) is 0 Å². The number of thioether (sulfide) groups is 1. The Morgan fingerprint density at radius 2 is 1.65 bits per heavy atom. The van der Waals surface area contributed by atoms with Crippen LogP contribution in [0.15, 0.2) is 82.6 Å². The lowest BCUT2D eigenvalue weighted by Crippen LogP contribution is -2.38. The molecule has 1 N–H and O–H groups in total. The van der Waals surface area contributed by atoms with Crippen molar-refractivity contribution in [1.82, 2.24) is 0 Å². The standard InChI is InChI=1S/C23H23FN2O3S2/c1-3-30-22-11-7-5-9-20(22)25-23(27)16-26(21-10-6-4-8-19(21)24)31(28,29)18-14-12-17(2)13-15-18/h4-15H,3,16H2,1-2H3,(H,25,27). The van der Waals surface area contributed by atoms with E-state index in [4.69, 9.17) is 0 Å². The third kappa shape index (κ3) is 5.45. The first-order valence-corrected chi connectivity index (χ1v) is 12.1. The van der Waals surface area contributed by atoms with Gasteiger partial charge in [0.2, 0.25) is 5.91 Å². The highest BCUT2D eigenvalue weighted by Crippen LogP contribution is 2.28. The number of hydrogen-bond donors (Lipinski definition) is 1. The lowest BCUT2D eigenvalue weighted by molar-refractivity contribution is -0.114. The first-order chi connectivity index (χ1) is 14.8. The fourth-order valence-corrected chi connectivity index (χ4v) is 5.15. The molecule has 1 amide bonds. The molecule has 0 aliphatic heterocycles. The van der Waals surface area contributed by atoms with Crippen molar-refractivity contribution in [3.63, 3.8) is 0 Å². The number of carbonyl (C=O) groups is 1. The molecule has 0 radical (unpaired) electrons. The number of aryl methyl sites for hydroxylation is 1. The van der Waals surface area contributed by atoms with E-state index in [0.717, 1.165) is 26.6 Å². The van der Waals surface area contributed by atoms with Crippen LogP contribution in [0, 0.1) is 12.7 Å². The molecule has 3 aromatic rings. The summed E-state index contributed by atoms with van der Waals surface area (Å²) in [6, 6.07) is 19.0. The molecule has 0 aromatic heterocycles. The van der Waals surface area contributed by atoms with Crippen molar-refractivity contribution < 1.29 is 17.6 Å². The van der Waals surface area contributed by atoms with Crippen molar-refractivity contribution in [3.05, 3.63) is 84.2 Å². The third-order valence-electron chi connectivity index (χ3n) is 4.48. The van der Waals surface area contributed by atoms with E-state index >= 15 is 0 Å². The summed E-state index contributed by atoms with van der Waals surface area (Å²) in [7, 11) is -4.17. The van der Waals surface area contributed by atoms with Crippen molar-refractivity contribution in [3.8, 4) is 0 Å². The number of carbonyl (C=O) groups excluding carboxylic acids is 1. The van der Waals surface area contributed by atoms with Gasteiger partial charge in [-0.2, -0.15) is 0 Å². The quantitative estimate of drug-likeness (QED) is 0.478. The van der Waals surface area contributed by atoms with Gasteiger partial charge in [-0.3, -0.25) is 9.10 Å². The molecular weight excluding hydrogens is 435 g/mol. The van der Waals surface area contributed by atoms with Gasteiger partial charge in [-0.05, 0) is 49.1 Å². The van der Waals surface area contributed by atoms with Crippen LogP contribution in [-0.4, -0.2) is 26.6 Å². The van der Waals surface area contributed by atoms with E-state index < -0.39 is 28.3 Å². The number of benzene rings is 3. The van der Waals surface area contributed by atoms with E-state index in [9.17, 15) is 17.6 Å². The Labute approximate surface area is 186 Å². The number of para-hydroxylation sites is 2. The van der Waals surface area contributed by atoms with Gasteiger partial charge in [-0.25, -0.2) is 12.8 Å². The Morgan fingerprint density at radius 3 is 2.32 bits per heavy atom. The second-order valence-electron chi connectivity index (χ2n) is 6.75. The molecule has 8 heteroatoms. The number of anilines is 2. The summed E-state index contributed by atoms with van der Waals surface area (Å²) in [5.74, 6) is -0.480. The van der Waals surface area contributed by atoms with Gasteiger partial charge in [0.15, 0.2) is 0 Å². The number of nitrogens with zero attached hydrogens (tertiary/aromatic N) is 1. The van der Waals surface area contributed by atoms with Crippen LogP contribution < -0.4 is 9.62 Å². The maximum atomic E-state index is 14.6. The number of rotatable bonds is 8. The Morgan fingerprint density at radius 1 is 1.00 bits per heavy atom.